The van der Waals surface area contributed by atoms with Crippen LogP contribution in [0.1, 0.15) is 80.5 Å². The van der Waals surface area contributed by atoms with Crippen LogP contribution in [0.5, 0.6) is 0 Å². The number of nitrogens with one attached hydrogen (secondary N) is 1. The number of hydrogen-bond donors (Lipinski definition) is 2. The minimum absolute atomic E-state index is 0.100. The van der Waals surface area contributed by atoms with Gasteiger partial charge in [0.2, 0.25) is 5.82 Å². The van der Waals surface area contributed by atoms with E-state index in [1.165, 1.54) is 18.4 Å². The lowest BCUT2D eigenvalue weighted by molar-refractivity contribution is 0.0924. The number of fused-ring (bicyclic) bond motifs is 1. The summed E-state index contributed by atoms with van der Waals surface area (Å²) in [5.74, 6) is 1.33. The maximum atomic E-state index is 12.8. The van der Waals surface area contributed by atoms with Gasteiger partial charge in [0.15, 0.2) is 0 Å². The van der Waals surface area contributed by atoms with Crippen LogP contribution in [0.3, 0.4) is 0 Å². The van der Waals surface area contributed by atoms with E-state index in [0.29, 0.717) is 30.3 Å². The van der Waals surface area contributed by atoms with Crippen LogP contribution in [-0.2, 0) is 10.2 Å². The smallest absolute Gasteiger partial charge is 0.289 e. The zero-order chi connectivity index (χ0) is 20.8. The number of rotatable bonds is 5. The van der Waals surface area contributed by atoms with Crippen molar-refractivity contribution in [2.45, 2.75) is 70.3 Å². The molecule has 1 aromatic heterocycles. The second-order valence-electron chi connectivity index (χ2n) is 9.67. The quantitative estimate of drug-likeness (QED) is 0.799. The number of ether oxygens (including phenoxy) is 1. The number of anilines is 1. The summed E-state index contributed by atoms with van der Waals surface area (Å²) in [6.45, 7) is 7.13. The fourth-order valence-electron chi connectivity index (χ4n) is 4.35. The van der Waals surface area contributed by atoms with E-state index in [1.807, 2.05) is 0 Å². The first-order valence-electron chi connectivity index (χ1n) is 10.7. The predicted octanol–water partition coefficient (Wildman–Crippen LogP) is 3.93. The normalized spacial score (nSPS) is 22.2. The highest BCUT2D eigenvalue weighted by Crippen LogP contribution is 2.43. The van der Waals surface area contributed by atoms with Crippen molar-refractivity contribution in [2.24, 2.45) is 5.92 Å². The van der Waals surface area contributed by atoms with Crippen LogP contribution in [0, 0.1) is 5.92 Å². The number of methoxy groups -OCH3 is 1. The van der Waals surface area contributed by atoms with E-state index < -0.39 is 0 Å². The summed E-state index contributed by atoms with van der Waals surface area (Å²) in [7, 11) is 1.75. The molecule has 2 fully saturated rings. The molecule has 2 aliphatic carbocycles. The van der Waals surface area contributed by atoms with E-state index in [4.69, 9.17) is 10.5 Å². The number of nitrogens with zero attached hydrogens (tertiary/aromatic N) is 2. The van der Waals surface area contributed by atoms with Gasteiger partial charge in [0.05, 0.1) is 11.6 Å². The maximum Gasteiger partial charge on any atom is 0.289 e. The number of benzene rings is 1. The highest BCUT2D eigenvalue weighted by Gasteiger charge is 2.29. The topological polar surface area (TPSA) is 90.1 Å². The van der Waals surface area contributed by atoms with Crippen molar-refractivity contribution in [1.82, 2.24) is 15.3 Å². The maximum absolute atomic E-state index is 12.8. The summed E-state index contributed by atoms with van der Waals surface area (Å²) in [5.41, 5.74) is 9.43. The van der Waals surface area contributed by atoms with Crippen LogP contribution < -0.4 is 11.1 Å². The summed E-state index contributed by atoms with van der Waals surface area (Å²) in [6, 6.07) is 4.36. The Bertz CT molecular complexity index is 931. The van der Waals surface area contributed by atoms with Gasteiger partial charge in [-0.3, -0.25) is 4.79 Å². The lowest BCUT2D eigenvalue weighted by atomic mass is 9.84. The molecule has 0 bridgehead atoms. The highest BCUT2D eigenvalue weighted by molar-refractivity contribution is 5.97. The van der Waals surface area contributed by atoms with Crippen molar-refractivity contribution < 1.29 is 9.53 Å². The Labute approximate surface area is 172 Å². The van der Waals surface area contributed by atoms with Crippen LogP contribution >= 0.6 is 0 Å². The molecule has 4 rings (SSSR count). The Hall–Kier alpha value is -2.21. The Balaban J connectivity index is 1.62. The van der Waals surface area contributed by atoms with Gasteiger partial charge in [-0.05, 0) is 66.5 Å². The van der Waals surface area contributed by atoms with E-state index in [2.05, 4.69) is 48.2 Å². The molecule has 2 saturated carbocycles. The van der Waals surface area contributed by atoms with E-state index in [9.17, 15) is 4.79 Å². The SMILES string of the molecule is CO[C@H]1CC[C@H](CNC(=O)c2nc(N)c3cc(C4CC4)cc(C(C)(C)C)c3n2)C1. The van der Waals surface area contributed by atoms with Crippen LogP contribution in [0.25, 0.3) is 10.9 Å². The molecule has 1 amide bonds. The van der Waals surface area contributed by atoms with E-state index in [-0.39, 0.29) is 17.1 Å². The number of carbonyl (C=O) groups is 1. The van der Waals surface area contributed by atoms with E-state index in [0.717, 1.165) is 35.7 Å². The lowest BCUT2D eigenvalue weighted by Gasteiger charge is -2.22. The van der Waals surface area contributed by atoms with Crippen molar-refractivity contribution in [2.75, 3.05) is 19.4 Å². The van der Waals surface area contributed by atoms with Crippen LogP contribution in [0.2, 0.25) is 0 Å². The summed E-state index contributed by atoms with van der Waals surface area (Å²) in [6.07, 6.45) is 5.85. The first-order chi connectivity index (χ1) is 13.8. The Kier molecular flexibility index (Phi) is 5.23. The van der Waals surface area contributed by atoms with Crippen LogP contribution in [-0.4, -0.2) is 35.6 Å². The molecular formula is C23H32N4O2. The predicted molar refractivity (Wildman–Crippen MR) is 115 cm³/mol. The number of nitrogen functional groups attached to an aromatic ring is 1. The largest absolute Gasteiger partial charge is 0.383 e. The molecule has 0 radical (unpaired) electrons. The first kappa shape index (κ1) is 20.1. The van der Waals surface area contributed by atoms with Gasteiger partial charge >= 0.3 is 0 Å². The minimum atomic E-state index is -0.259. The third-order valence-electron chi connectivity index (χ3n) is 6.29. The second kappa shape index (κ2) is 7.56. The second-order valence-corrected chi connectivity index (χ2v) is 9.67. The molecule has 2 atom stereocenters. The molecule has 29 heavy (non-hydrogen) atoms. The van der Waals surface area contributed by atoms with Gasteiger partial charge in [0, 0.05) is 19.0 Å². The fraction of sp³-hybridized carbons (Fsp3) is 0.609. The Morgan fingerprint density at radius 2 is 1.97 bits per heavy atom. The van der Waals surface area contributed by atoms with Crippen molar-refractivity contribution in [3.05, 3.63) is 29.1 Å². The number of amides is 1. The fourth-order valence-corrected chi connectivity index (χ4v) is 4.35. The third kappa shape index (κ3) is 4.22. The minimum Gasteiger partial charge on any atom is -0.383 e. The Morgan fingerprint density at radius 3 is 2.59 bits per heavy atom. The number of aromatic nitrogens is 2. The summed E-state index contributed by atoms with van der Waals surface area (Å²) < 4.78 is 5.42. The number of nitrogens with two attached hydrogens (primary N) is 1. The van der Waals surface area contributed by atoms with Crippen molar-refractivity contribution in [3.63, 3.8) is 0 Å². The van der Waals surface area contributed by atoms with E-state index in [1.54, 1.807) is 7.11 Å². The van der Waals surface area contributed by atoms with Crippen LogP contribution in [0.4, 0.5) is 5.82 Å². The van der Waals surface area contributed by atoms with Crippen molar-refractivity contribution >= 4 is 22.6 Å². The standard InChI is InChI=1S/C23H32N4O2/c1-23(2,3)18-11-15(14-6-7-14)10-17-19(18)26-21(27-20(17)24)22(28)25-12-13-5-8-16(9-13)29-4/h10-11,13-14,16H,5-9,12H2,1-4H3,(H,25,28)(H2,24,26,27)/t13-,16-/m0/s1. The zero-order valence-electron chi connectivity index (χ0n) is 17.9. The number of hydrogen-bond acceptors (Lipinski definition) is 5. The monoisotopic (exact) mass is 396 g/mol. The summed E-state index contributed by atoms with van der Waals surface area (Å²) in [4.78, 5) is 21.8. The lowest BCUT2D eigenvalue weighted by Crippen LogP contribution is -2.30. The van der Waals surface area contributed by atoms with Gasteiger partial charge in [0.25, 0.3) is 5.91 Å². The van der Waals surface area contributed by atoms with Gasteiger partial charge in [-0.1, -0.05) is 26.8 Å². The average molecular weight is 397 g/mol. The third-order valence-corrected chi connectivity index (χ3v) is 6.29. The molecule has 0 unspecified atom stereocenters. The zero-order valence-corrected chi connectivity index (χ0v) is 17.9. The van der Waals surface area contributed by atoms with Crippen molar-refractivity contribution in [1.29, 1.82) is 0 Å². The molecule has 1 aromatic carbocycles. The molecule has 156 valence electrons. The van der Waals surface area contributed by atoms with Gasteiger partial charge in [-0.2, -0.15) is 0 Å². The molecule has 3 N–H and O–H groups in total. The Morgan fingerprint density at radius 1 is 1.21 bits per heavy atom. The van der Waals surface area contributed by atoms with Crippen LogP contribution in [0.15, 0.2) is 12.1 Å². The molecule has 0 saturated heterocycles. The first-order valence-corrected chi connectivity index (χ1v) is 10.7. The molecule has 0 spiro atoms. The molecule has 2 aromatic rings. The van der Waals surface area contributed by atoms with E-state index >= 15 is 0 Å². The molecule has 1 heterocycles. The van der Waals surface area contributed by atoms with Gasteiger partial charge in [0.1, 0.15) is 5.82 Å². The highest BCUT2D eigenvalue weighted by atomic mass is 16.5. The van der Waals surface area contributed by atoms with Gasteiger partial charge in [-0.15, -0.1) is 0 Å². The summed E-state index contributed by atoms with van der Waals surface area (Å²) in [5, 5.41) is 3.86. The van der Waals surface area contributed by atoms with Gasteiger partial charge < -0.3 is 15.8 Å². The molecule has 0 aliphatic heterocycles. The molecule has 6 heteroatoms. The number of carbonyl (C=O) groups excluding carboxylic acids is 1. The van der Waals surface area contributed by atoms with Gasteiger partial charge in [-0.25, -0.2) is 9.97 Å². The molecule has 6 nitrogen and oxygen atoms in total. The molecule has 2 aliphatic rings. The summed E-state index contributed by atoms with van der Waals surface area (Å²) >= 11 is 0. The average Bonchev–Trinajstić information content (AvgIpc) is 3.42. The molecular weight excluding hydrogens is 364 g/mol. The van der Waals surface area contributed by atoms with Crippen molar-refractivity contribution in [3.8, 4) is 0 Å².